The Labute approximate surface area is 134 Å². The molecule has 3 atom stereocenters. The number of sulfone groups is 1. The zero-order valence-electron chi connectivity index (χ0n) is 11.5. The van der Waals surface area contributed by atoms with Crippen molar-refractivity contribution < 1.29 is 13.2 Å². The molecule has 0 spiro atoms. The fraction of sp³-hybridized carbons (Fsp3) is 0.615. The van der Waals surface area contributed by atoms with Gasteiger partial charge in [-0.05, 0) is 0 Å². The lowest BCUT2D eigenvalue weighted by Crippen LogP contribution is -2.28. The first-order chi connectivity index (χ1) is 9.92. The van der Waals surface area contributed by atoms with Gasteiger partial charge in [-0.1, -0.05) is 23.2 Å². The van der Waals surface area contributed by atoms with Gasteiger partial charge < -0.3 is 4.74 Å². The highest BCUT2D eigenvalue weighted by Gasteiger charge is 2.52. The minimum Gasteiger partial charge on any atom is -0.380 e. The fourth-order valence-electron chi connectivity index (χ4n) is 3.28. The normalized spacial score (nSPS) is 31.5. The maximum Gasteiger partial charge on any atom is 0.157 e. The summed E-state index contributed by atoms with van der Waals surface area (Å²) in [7, 11) is -1.50. The summed E-state index contributed by atoms with van der Waals surface area (Å²) in [5.74, 6) is 0.156. The van der Waals surface area contributed by atoms with Gasteiger partial charge in [0.25, 0.3) is 0 Å². The van der Waals surface area contributed by atoms with E-state index < -0.39 is 9.84 Å². The molecule has 5 nitrogen and oxygen atoms in total. The van der Waals surface area contributed by atoms with Crippen LogP contribution in [0.4, 0.5) is 0 Å². The van der Waals surface area contributed by atoms with Crippen molar-refractivity contribution in [1.82, 2.24) is 9.88 Å². The Hall–Kier alpha value is -0.400. The van der Waals surface area contributed by atoms with Crippen molar-refractivity contribution >= 4 is 33.0 Å². The molecule has 0 unspecified atom stereocenters. The van der Waals surface area contributed by atoms with Gasteiger partial charge in [-0.25, -0.2) is 8.42 Å². The van der Waals surface area contributed by atoms with Gasteiger partial charge in [0.1, 0.15) is 0 Å². The van der Waals surface area contributed by atoms with Crippen LogP contribution in [0.2, 0.25) is 10.0 Å². The SMILES string of the molecule is CO[C@@H]1CS(=O)(=O)[C@H]2CN(Cc3c(Cl)cncc3Cl)C[C@@H]12. The van der Waals surface area contributed by atoms with Crippen LogP contribution in [0.5, 0.6) is 0 Å². The largest absolute Gasteiger partial charge is 0.380 e. The number of aromatic nitrogens is 1. The lowest BCUT2D eigenvalue weighted by Gasteiger charge is -2.20. The molecule has 2 aliphatic heterocycles. The zero-order valence-corrected chi connectivity index (χ0v) is 13.8. The number of likely N-dealkylation sites (tertiary alicyclic amines) is 1. The Kier molecular flexibility index (Phi) is 4.18. The van der Waals surface area contributed by atoms with Crippen LogP contribution < -0.4 is 0 Å². The van der Waals surface area contributed by atoms with E-state index in [1.54, 1.807) is 19.5 Å². The van der Waals surface area contributed by atoms with Crippen molar-refractivity contribution in [1.29, 1.82) is 0 Å². The molecule has 0 bridgehead atoms. The van der Waals surface area contributed by atoms with E-state index >= 15 is 0 Å². The van der Waals surface area contributed by atoms with Gasteiger partial charge in [0, 0.05) is 50.6 Å². The summed E-state index contributed by atoms with van der Waals surface area (Å²) in [6.07, 6.45) is 2.89. The highest BCUT2D eigenvalue weighted by Crippen LogP contribution is 2.37. The molecule has 21 heavy (non-hydrogen) atoms. The minimum absolute atomic E-state index is 0.0272. The number of fused-ring (bicyclic) bond motifs is 1. The Morgan fingerprint density at radius 3 is 2.62 bits per heavy atom. The predicted octanol–water partition coefficient (Wildman–Crippen LogP) is 1.63. The molecule has 0 N–H and O–H groups in total. The summed E-state index contributed by atoms with van der Waals surface area (Å²) < 4.78 is 29.7. The molecule has 1 aromatic heterocycles. The summed E-state index contributed by atoms with van der Waals surface area (Å²) in [5, 5.41) is 0.665. The lowest BCUT2D eigenvalue weighted by atomic mass is 10.0. The second-order valence-electron chi connectivity index (χ2n) is 5.58. The summed E-state index contributed by atoms with van der Waals surface area (Å²) in [4.78, 5) is 6.00. The van der Waals surface area contributed by atoms with Gasteiger partial charge in [0.2, 0.25) is 0 Å². The fourth-order valence-corrected chi connectivity index (χ4v) is 6.08. The molecule has 0 aromatic carbocycles. The molecular formula is C13H16Cl2N2O3S. The maximum absolute atomic E-state index is 12.2. The molecule has 0 amide bonds. The van der Waals surface area contributed by atoms with Crippen molar-refractivity contribution in [2.75, 3.05) is 26.0 Å². The number of ether oxygens (including phenoxy) is 1. The maximum atomic E-state index is 12.2. The Morgan fingerprint density at radius 1 is 1.33 bits per heavy atom. The van der Waals surface area contributed by atoms with Crippen LogP contribution in [0, 0.1) is 5.92 Å². The highest BCUT2D eigenvalue weighted by atomic mass is 35.5. The summed E-state index contributed by atoms with van der Waals surface area (Å²) >= 11 is 12.2. The van der Waals surface area contributed by atoms with E-state index in [1.807, 2.05) is 0 Å². The third kappa shape index (κ3) is 2.80. The molecule has 0 radical (unpaired) electrons. The average molecular weight is 351 g/mol. The number of rotatable bonds is 3. The van der Waals surface area contributed by atoms with Gasteiger partial charge in [0.05, 0.1) is 27.2 Å². The third-order valence-corrected chi connectivity index (χ3v) is 7.22. The minimum atomic E-state index is -3.08. The first-order valence-corrected chi connectivity index (χ1v) is 9.14. The Morgan fingerprint density at radius 2 is 2.00 bits per heavy atom. The number of methoxy groups -OCH3 is 1. The molecular weight excluding hydrogens is 335 g/mol. The van der Waals surface area contributed by atoms with E-state index in [4.69, 9.17) is 27.9 Å². The molecule has 2 aliphatic rings. The second kappa shape index (κ2) is 5.66. The molecule has 2 saturated heterocycles. The molecule has 3 heterocycles. The molecule has 0 saturated carbocycles. The van der Waals surface area contributed by atoms with Crippen molar-refractivity contribution in [3.05, 3.63) is 28.0 Å². The first kappa shape index (κ1) is 15.5. The molecule has 3 rings (SSSR count). The van der Waals surface area contributed by atoms with Gasteiger partial charge in [-0.2, -0.15) is 0 Å². The zero-order chi connectivity index (χ0) is 15.2. The van der Waals surface area contributed by atoms with Crippen molar-refractivity contribution in [2.45, 2.75) is 17.9 Å². The van der Waals surface area contributed by atoms with Crippen LogP contribution >= 0.6 is 23.2 Å². The van der Waals surface area contributed by atoms with Crippen molar-refractivity contribution in [3.63, 3.8) is 0 Å². The Bertz CT molecular complexity index is 633. The van der Waals surface area contributed by atoms with Gasteiger partial charge in [-0.3, -0.25) is 9.88 Å². The van der Waals surface area contributed by atoms with E-state index in [1.165, 1.54) is 0 Å². The molecule has 2 fully saturated rings. The number of hydrogen-bond donors (Lipinski definition) is 0. The summed E-state index contributed by atoms with van der Waals surface area (Å²) in [6, 6.07) is 0. The van der Waals surface area contributed by atoms with Gasteiger partial charge in [0.15, 0.2) is 9.84 Å². The van der Waals surface area contributed by atoms with Crippen LogP contribution in [0.3, 0.4) is 0 Å². The van der Waals surface area contributed by atoms with Crippen LogP contribution in [0.15, 0.2) is 12.4 Å². The smallest absolute Gasteiger partial charge is 0.157 e. The summed E-state index contributed by atoms with van der Waals surface area (Å²) in [6.45, 7) is 1.71. The first-order valence-electron chi connectivity index (χ1n) is 6.67. The van der Waals surface area contributed by atoms with E-state index in [9.17, 15) is 8.42 Å². The van der Waals surface area contributed by atoms with Crippen molar-refractivity contribution in [3.8, 4) is 0 Å². The number of halogens is 2. The lowest BCUT2D eigenvalue weighted by molar-refractivity contribution is 0.0802. The number of hydrogen-bond acceptors (Lipinski definition) is 5. The highest BCUT2D eigenvalue weighted by molar-refractivity contribution is 7.92. The van der Waals surface area contributed by atoms with E-state index in [-0.39, 0.29) is 23.0 Å². The third-order valence-electron chi connectivity index (χ3n) is 4.36. The van der Waals surface area contributed by atoms with Crippen LogP contribution in [0.1, 0.15) is 5.56 Å². The van der Waals surface area contributed by atoms with E-state index in [2.05, 4.69) is 9.88 Å². The Balaban J connectivity index is 1.79. The topological polar surface area (TPSA) is 59.5 Å². The van der Waals surface area contributed by atoms with Gasteiger partial charge >= 0.3 is 0 Å². The van der Waals surface area contributed by atoms with Crippen molar-refractivity contribution in [2.24, 2.45) is 5.92 Å². The summed E-state index contributed by atoms with van der Waals surface area (Å²) in [5.41, 5.74) is 0.791. The molecule has 0 aliphatic carbocycles. The quantitative estimate of drug-likeness (QED) is 0.829. The van der Waals surface area contributed by atoms with Crippen LogP contribution in [-0.4, -0.2) is 55.6 Å². The predicted molar refractivity (Wildman–Crippen MR) is 81.4 cm³/mol. The van der Waals surface area contributed by atoms with E-state index in [0.29, 0.717) is 29.7 Å². The number of nitrogens with zero attached hydrogens (tertiary/aromatic N) is 2. The monoisotopic (exact) mass is 350 g/mol. The standard InChI is InChI=1S/C13H16Cl2N2O3S/c1-20-12-7-21(18,19)13-6-17(5-9(12)13)4-8-10(14)2-16-3-11(8)15/h2-3,9,12-13H,4-7H2,1H3/t9-,12+,13-/m0/s1. The molecule has 1 aromatic rings. The van der Waals surface area contributed by atoms with E-state index in [0.717, 1.165) is 5.56 Å². The van der Waals surface area contributed by atoms with Gasteiger partial charge in [-0.15, -0.1) is 0 Å². The molecule has 116 valence electrons. The average Bonchev–Trinajstić information content (AvgIpc) is 2.94. The second-order valence-corrected chi connectivity index (χ2v) is 8.66. The number of pyridine rings is 1. The van der Waals surface area contributed by atoms with Crippen LogP contribution in [-0.2, 0) is 21.1 Å². The van der Waals surface area contributed by atoms with Crippen LogP contribution in [0.25, 0.3) is 0 Å². The molecule has 8 heteroatoms.